The van der Waals surface area contributed by atoms with Crippen LogP contribution in [0.25, 0.3) is 10.9 Å². The zero-order chi connectivity index (χ0) is 13.4. The van der Waals surface area contributed by atoms with E-state index < -0.39 is 6.09 Å². The van der Waals surface area contributed by atoms with Crippen molar-refractivity contribution in [2.75, 3.05) is 10.7 Å². The Morgan fingerprint density at radius 2 is 2.17 bits per heavy atom. The molecule has 2 rings (SSSR count). The fourth-order valence-electron chi connectivity index (χ4n) is 1.80. The number of hydrogen-bond acceptors (Lipinski definition) is 4. The molecule has 1 aromatic heterocycles. The Morgan fingerprint density at radius 3 is 2.72 bits per heavy atom. The molecular formula is C11H14N4O3. The third-order valence-electron chi connectivity index (χ3n) is 2.62. The van der Waals surface area contributed by atoms with E-state index in [1.165, 1.54) is 17.1 Å². The summed E-state index contributed by atoms with van der Waals surface area (Å²) < 4.78 is 0. The maximum absolute atomic E-state index is 11.2. The van der Waals surface area contributed by atoms with Gasteiger partial charge in [0.2, 0.25) is 0 Å². The molecule has 2 aromatic rings. The van der Waals surface area contributed by atoms with Crippen LogP contribution in [-0.2, 0) is 0 Å². The summed E-state index contributed by atoms with van der Waals surface area (Å²) in [4.78, 5) is 12.4. The topological polar surface area (TPSA) is 105 Å². The lowest BCUT2D eigenvalue weighted by molar-refractivity contribution is 0.190. The molecule has 0 atom stereocenters. The largest absolute Gasteiger partial charge is 0.506 e. The Bertz CT molecular complexity index is 606. The molecule has 0 bridgehead atoms. The van der Waals surface area contributed by atoms with Gasteiger partial charge in [-0.05, 0) is 26.0 Å². The van der Waals surface area contributed by atoms with E-state index >= 15 is 0 Å². The molecular weight excluding hydrogens is 236 g/mol. The van der Waals surface area contributed by atoms with Crippen LogP contribution in [0.1, 0.15) is 13.8 Å². The SMILES string of the molecule is CC(C)N(C(=O)O)n1ncc2ccc(O)c(N)c21. The van der Waals surface area contributed by atoms with E-state index in [4.69, 9.17) is 5.73 Å². The molecule has 18 heavy (non-hydrogen) atoms. The maximum Gasteiger partial charge on any atom is 0.428 e. The smallest absolute Gasteiger partial charge is 0.428 e. The van der Waals surface area contributed by atoms with Crippen molar-refractivity contribution in [1.82, 2.24) is 9.89 Å². The minimum absolute atomic E-state index is 0.0988. The van der Waals surface area contributed by atoms with Crippen molar-refractivity contribution in [1.29, 1.82) is 0 Å². The quantitative estimate of drug-likeness (QED) is 0.551. The molecule has 0 unspecified atom stereocenters. The van der Waals surface area contributed by atoms with Crippen molar-refractivity contribution < 1.29 is 15.0 Å². The number of nitrogens with two attached hydrogens (primary N) is 1. The Morgan fingerprint density at radius 1 is 1.50 bits per heavy atom. The number of amides is 1. The first-order chi connectivity index (χ1) is 8.43. The number of anilines is 1. The van der Waals surface area contributed by atoms with Crippen LogP contribution >= 0.6 is 0 Å². The minimum Gasteiger partial charge on any atom is -0.506 e. The van der Waals surface area contributed by atoms with Gasteiger partial charge in [-0.15, -0.1) is 0 Å². The summed E-state index contributed by atoms with van der Waals surface area (Å²) in [7, 11) is 0. The average molecular weight is 250 g/mol. The molecule has 4 N–H and O–H groups in total. The molecule has 0 saturated carbocycles. The van der Waals surface area contributed by atoms with Gasteiger partial charge >= 0.3 is 6.09 Å². The van der Waals surface area contributed by atoms with Crippen molar-refractivity contribution >= 4 is 22.7 Å². The number of hydrogen-bond donors (Lipinski definition) is 3. The molecule has 7 heteroatoms. The summed E-state index contributed by atoms with van der Waals surface area (Å²) in [5, 5.41) is 24.5. The highest BCUT2D eigenvalue weighted by Gasteiger charge is 2.22. The number of phenolic OH excluding ortho intramolecular Hbond substituents is 1. The fourth-order valence-corrected chi connectivity index (χ4v) is 1.80. The van der Waals surface area contributed by atoms with Gasteiger partial charge in [-0.1, -0.05) is 0 Å². The van der Waals surface area contributed by atoms with Crippen LogP contribution in [0.2, 0.25) is 0 Å². The first kappa shape index (κ1) is 12.0. The molecule has 0 aliphatic heterocycles. The van der Waals surface area contributed by atoms with Gasteiger partial charge in [0.05, 0.1) is 12.2 Å². The number of carboxylic acid groups (broad SMARTS) is 1. The van der Waals surface area contributed by atoms with Gasteiger partial charge < -0.3 is 15.9 Å². The van der Waals surface area contributed by atoms with Crippen LogP contribution in [0.4, 0.5) is 10.5 Å². The molecule has 0 radical (unpaired) electrons. The summed E-state index contributed by atoms with van der Waals surface area (Å²) in [6.07, 6.45) is 0.362. The van der Waals surface area contributed by atoms with Gasteiger partial charge in [0.25, 0.3) is 0 Å². The second-order valence-electron chi connectivity index (χ2n) is 4.19. The molecule has 1 amide bonds. The number of nitrogens with zero attached hydrogens (tertiary/aromatic N) is 3. The van der Waals surface area contributed by atoms with Crippen molar-refractivity contribution in [3.63, 3.8) is 0 Å². The first-order valence-corrected chi connectivity index (χ1v) is 5.41. The molecule has 1 aromatic carbocycles. The molecule has 96 valence electrons. The van der Waals surface area contributed by atoms with Crippen molar-refractivity contribution in [2.24, 2.45) is 0 Å². The number of aromatic hydroxyl groups is 1. The van der Waals surface area contributed by atoms with Crippen LogP contribution in [0.5, 0.6) is 5.75 Å². The van der Waals surface area contributed by atoms with E-state index in [1.807, 2.05) is 0 Å². The number of fused-ring (bicyclic) bond motifs is 1. The Hall–Kier alpha value is -2.44. The Kier molecular flexibility index (Phi) is 2.74. The van der Waals surface area contributed by atoms with Gasteiger partial charge in [0.15, 0.2) is 0 Å². The Labute approximate surface area is 103 Å². The van der Waals surface area contributed by atoms with E-state index in [0.29, 0.717) is 10.9 Å². The number of aromatic nitrogens is 2. The van der Waals surface area contributed by atoms with Gasteiger partial charge in [-0.2, -0.15) is 14.9 Å². The molecule has 7 nitrogen and oxygen atoms in total. The highest BCUT2D eigenvalue weighted by molar-refractivity contribution is 5.94. The van der Waals surface area contributed by atoms with Gasteiger partial charge in [-0.3, -0.25) is 0 Å². The lowest BCUT2D eigenvalue weighted by Crippen LogP contribution is -2.45. The molecule has 0 saturated heterocycles. The normalized spacial score (nSPS) is 11.1. The lowest BCUT2D eigenvalue weighted by Gasteiger charge is -2.24. The van der Waals surface area contributed by atoms with Crippen molar-refractivity contribution in [3.05, 3.63) is 18.3 Å². The van der Waals surface area contributed by atoms with E-state index in [9.17, 15) is 15.0 Å². The number of phenols is 1. The summed E-state index contributed by atoms with van der Waals surface area (Å²) in [5.74, 6) is -0.0988. The molecule has 0 spiro atoms. The average Bonchev–Trinajstić information content (AvgIpc) is 2.67. The van der Waals surface area contributed by atoms with E-state index in [-0.39, 0.29) is 17.5 Å². The second kappa shape index (κ2) is 4.10. The monoisotopic (exact) mass is 250 g/mol. The predicted octanol–water partition coefficient (Wildman–Crippen LogP) is 1.35. The molecule has 1 heterocycles. The summed E-state index contributed by atoms with van der Waals surface area (Å²) in [6, 6.07) is 2.77. The predicted molar refractivity (Wildman–Crippen MR) is 67.2 cm³/mol. The summed E-state index contributed by atoms with van der Waals surface area (Å²) in [6.45, 7) is 3.45. The summed E-state index contributed by atoms with van der Waals surface area (Å²) >= 11 is 0. The minimum atomic E-state index is -1.14. The van der Waals surface area contributed by atoms with E-state index in [1.54, 1.807) is 19.9 Å². The van der Waals surface area contributed by atoms with Crippen molar-refractivity contribution in [2.45, 2.75) is 19.9 Å². The highest BCUT2D eigenvalue weighted by atomic mass is 16.4. The Balaban J connectivity index is 2.71. The molecule has 0 aliphatic rings. The number of carbonyl (C=O) groups is 1. The third kappa shape index (κ3) is 1.69. The fraction of sp³-hybridized carbons (Fsp3) is 0.273. The van der Waals surface area contributed by atoms with Crippen LogP contribution in [0.15, 0.2) is 18.3 Å². The van der Waals surface area contributed by atoms with Crippen LogP contribution in [0, 0.1) is 0 Å². The van der Waals surface area contributed by atoms with Gasteiger partial charge in [-0.25, -0.2) is 4.79 Å². The highest BCUT2D eigenvalue weighted by Crippen LogP contribution is 2.29. The maximum atomic E-state index is 11.2. The second-order valence-corrected chi connectivity index (χ2v) is 4.19. The van der Waals surface area contributed by atoms with Crippen LogP contribution < -0.4 is 10.7 Å². The van der Waals surface area contributed by atoms with Crippen LogP contribution in [0.3, 0.4) is 0 Å². The standard InChI is InChI=1S/C11H14N4O3/c1-6(2)14(11(17)18)15-10-7(5-13-15)3-4-8(16)9(10)12/h3-6,16H,12H2,1-2H3,(H,17,18). The van der Waals surface area contributed by atoms with Gasteiger partial charge in [0, 0.05) is 5.39 Å². The number of benzene rings is 1. The van der Waals surface area contributed by atoms with Crippen molar-refractivity contribution in [3.8, 4) is 5.75 Å². The lowest BCUT2D eigenvalue weighted by atomic mass is 10.2. The zero-order valence-electron chi connectivity index (χ0n) is 10.0. The number of nitrogen functional groups attached to an aromatic ring is 1. The first-order valence-electron chi connectivity index (χ1n) is 5.41. The summed E-state index contributed by atoms with van der Waals surface area (Å²) in [5.41, 5.74) is 6.26. The molecule has 0 fully saturated rings. The van der Waals surface area contributed by atoms with E-state index in [2.05, 4.69) is 5.10 Å². The number of rotatable bonds is 2. The zero-order valence-corrected chi connectivity index (χ0v) is 10.0. The van der Waals surface area contributed by atoms with E-state index in [0.717, 1.165) is 5.01 Å². The van der Waals surface area contributed by atoms with Gasteiger partial charge in [0.1, 0.15) is 17.0 Å². The van der Waals surface area contributed by atoms with Crippen LogP contribution in [-0.4, -0.2) is 32.2 Å². The molecule has 0 aliphatic carbocycles. The third-order valence-corrected chi connectivity index (χ3v) is 2.62.